The van der Waals surface area contributed by atoms with Gasteiger partial charge in [-0.25, -0.2) is 9.97 Å². The third kappa shape index (κ3) is 5.80. The first-order valence-corrected chi connectivity index (χ1v) is 14.2. The van der Waals surface area contributed by atoms with E-state index in [1.54, 1.807) is 17.2 Å². The summed E-state index contributed by atoms with van der Waals surface area (Å²) in [4.78, 5) is 37.0. The molecule has 0 aliphatic carbocycles. The van der Waals surface area contributed by atoms with E-state index in [0.717, 1.165) is 24.0 Å². The Morgan fingerprint density at radius 1 is 1.07 bits per heavy atom. The van der Waals surface area contributed by atoms with Crippen LogP contribution in [0.5, 0.6) is 11.5 Å². The van der Waals surface area contributed by atoms with Crippen molar-refractivity contribution < 1.29 is 23.8 Å². The number of rotatable bonds is 7. The molecule has 2 N–H and O–H groups in total. The summed E-state index contributed by atoms with van der Waals surface area (Å²) in [5.41, 5.74) is 2.84. The highest BCUT2D eigenvalue weighted by Crippen LogP contribution is 2.35. The van der Waals surface area contributed by atoms with E-state index in [1.165, 1.54) is 0 Å². The van der Waals surface area contributed by atoms with E-state index in [1.807, 2.05) is 44.2 Å². The van der Waals surface area contributed by atoms with Crippen LogP contribution in [0.1, 0.15) is 48.2 Å². The van der Waals surface area contributed by atoms with E-state index in [4.69, 9.17) is 25.8 Å². The Balaban J connectivity index is 1.13. The van der Waals surface area contributed by atoms with Crippen LogP contribution in [0.2, 0.25) is 5.02 Å². The van der Waals surface area contributed by atoms with Gasteiger partial charge in [-0.1, -0.05) is 29.8 Å². The van der Waals surface area contributed by atoms with E-state index < -0.39 is 5.54 Å². The number of nitrogens with zero attached hydrogens (tertiary/aromatic N) is 3. The van der Waals surface area contributed by atoms with Crippen LogP contribution in [0.15, 0.2) is 42.6 Å². The number of carbonyl (C=O) groups is 2. The van der Waals surface area contributed by atoms with Gasteiger partial charge in [0.2, 0.25) is 11.9 Å². The van der Waals surface area contributed by atoms with Crippen molar-refractivity contribution in [3.63, 3.8) is 0 Å². The summed E-state index contributed by atoms with van der Waals surface area (Å²) in [5.74, 6) is 1.38. The minimum absolute atomic E-state index is 0.0652. The number of halogens is 1. The Morgan fingerprint density at radius 2 is 1.85 bits per heavy atom. The van der Waals surface area contributed by atoms with Gasteiger partial charge in [-0.15, -0.1) is 0 Å². The van der Waals surface area contributed by atoms with Crippen LogP contribution >= 0.6 is 11.6 Å². The molecule has 2 amide bonds. The number of nitrogens with one attached hydrogen (secondary N) is 2. The molecular formula is C30H32ClN5O5. The third-order valence-corrected chi connectivity index (χ3v) is 7.89. The van der Waals surface area contributed by atoms with E-state index >= 15 is 0 Å². The monoisotopic (exact) mass is 577 g/mol. The van der Waals surface area contributed by atoms with E-state index in [9.17, 15) is 9.59 Å². The summed E-state index contributed by atoms with van der Waals surface area (Å²) in [6, 6.07) is 11.5. The average molecular weight is 578 g/mol. The quantitative estimate of drug-likeness (QED) is 0.430. The number of hydrogen-bond donors (Lipinski definition) is 2. The van der Waals surface area contributed by atoms with E-state index in [0.29, 0.717) is 72.3 Å². The molecule has 0 atom stereocenters. The van der Waals surface area contributed by atoms with E-state index in [-0.39, 0.29) is 24.4 Å². The number of benzene rings is 2. The predicted octanol–water partition coefficient (Wildman–Crippen LogP) is 4.17. The number of hydrogen-bond acceptors (Lipinski definition) is 8. The third-order valence-electron chi connectivity index (χ3n) is 7.61. The molecule has 0 bridgehead atoms. The first-order chi connectivity index (χ1) is 19.8. The average Bonchev–Trinajstić information content (AvgIpc) is 3.28. The van der Waals surface area contributed by atoms with Crippen LogP contribution in [0.3, 0.4) is 0 Å². The molecule has 1 saturated heterocycles. The van der Waals surface area contributed by atoms with Crippen LogP contribution in [-0.4, -0.2) is 65.7 Å². The Bertz CT molecular complexity index is 1490. The van der Waals surface area contributed by atoms with Gasteiger partial charge in [-0.3, -0.25) is 9.59 Å². The number of ether oxygens (including phenoxy) is 3. The van der Waals surface area contributed by atoms with Crippen molar-refractivity contribution in [2.24, 2.45) is 0 Å². The van der Waals surface area contributed by atoms with Crippen LogP contribution in [0.25, 0.3) is 11.3 Å². The fourth-order valence-corrected chi connectivity index (χ4v) is 5.57. The Labute approximate surface area is 243 Å². The van der Waals surface area contributed by atoms with Crippen molar-refractivity contribution in [2.75, 3.05) is 38.3 Å². The minimum Gasteiger partial charge on any atom is -0.486 e. The maximum Gasteiger partial charge on any atom is 0.254 e. The molecule has 4 heterocycles. The number of aromatic nitrogens is 2. The molecule has 1 fully saturated rings. The molecule has 3 aliphatic rings. The van der Waals surface area contributed by atoms with Crippen LogP contribution in [0.4, 0.5) is 5.95 Å². The van der Waals surface area contributed by atoms with Gasteiger partial charge in [-0.2, -0.15) is 0 Å². The molecule has 3 aromatic rings. The van der Waals surface area contributed by atoms with Gasteiger partial charge in [-0.05, 0) is 56.0 Å². The molecule has 41 heavy (non-hydrogen) atoms. The van der Waals surface area contributed by atoms with Gasteiger partial charge < -0.3 is 29.7 Å². The van der Waals surface area contributed by atoms with Crippen LogP contribution < -0.4 is 20.1 Å². The lowest BCUT2D eigenvalue weighted by Crippen LogP contribution is -2.46. The fraction of sp³-hybridized carbons (Fsp3) is 0.400. The van der Waals surface area contributed by atoms with Gasteiger partial charge in [0.25, 0.3) is 5.91 Å². The zero-order valence-electron chi connectivity index (χ0n) is 23.0. The minimum atomic E-state index is -0.685. The van der Waals surface area contributed by atoms with Crippen molar-refractivity contribution in [1.29, 1.82) is 0 Å². The first kappa shape index (κ1) is 27.3. The smallest absolute Gasteiger partial charge is 0.254 e. The largest absolute Gasteiger partial charge is 0.486 e. The summed E-state index contributed by atoms with van der Waals surface area (Å²) in [6.45, 7) is 6.52. The molecule has 1 aromatic heterocycles. The Kier molecular flexibility index (Phi) is 7.44. The second-order valence-corrected chi connectivity index (χ2v) is 11.4. The van der Waals surface area contributed by atoms with Crippen molar-refractivity contribution >= 4 is 29.4 Å². The number of anilines is 1. The standard InChI is InChI=1S/C30H32ClN5O5/c1-30(2,20-5-6-24-25(14-20)41-12-11-40-24)35-26(37)17-36-16-19-4-3-18(13-22(19)28(36)38)27-23(31)15-32-29(34-27)33-21-7-9-39-10-8-21/h3-6,13-15,21H,7-12,16-17H2,1-2H3,(H,35,37)(H,32,33,34). The van der Waals surface area contributed by atoms with E-state index in [2.05, 4.69) is 20.6 Å². The summed E-state index contributed by atoms with van der Waals surface area (Å²) < 4.78 is 16.7. The Hall–Kier alpha value is -3.89. The number of fused-ring (bicyclic) bond motifs is 2. The molecule has 6 rings (SSSR count). The molecule has 0 spiro atoms. The SMILES string of the molecule is CC(C)(NC(=O)CN1Cc2ccc(-c3nc(NC4CCOCC4)ncc3Cl)cc2C1=O)c1ccc2c(c1)OCCO2. The lowest BCUT2D eigenvalue weighted by Gasteiger charge is -2.29. The Morgan fingerprint density at radius 3 is 2.66 bits per heavy atom. The fourth-order valence-electron chi connectivity index (χ4n) is 5.37. The second-order valence-electron chi connectivity index (χ2n) is 11.0. The summed E-state index contributed by atoms with van der Waals surface area (Å²) in [5, 5.41) is 6.81. The summed E-state index contributed by atoms with van der Waals surface area (Å²) in [6.07, 6.45) is 3.33. The highest BCUT2D eigenvalue weighted by Gasteiger charge is 2.32. The molecular weight excluding hydrogens is 546 g/mol. The molecule has 10 nitrogen and oxygen atoms in total. The topological polar surface area (TPSA) is 115 Å². The van der Waals surface area contributed by atoms with Gasteiger partial charge >= 0.3 is 0 Å². The summed E-state index contributed by atoms with van der Waals surface area (Å²) in [7, 11) is 0. The zero-order valence-corrected chi connectivity index (χ0v) is 23.8. The normalized spacial score (nSPS) is 16.9. The van der Waals surface area contributed by atoms with Gasteiger partial charge in [0.05, 0.1) is 22.5 Å². The molecule has 11 heteroatoms. The molecule has 0 radical (unpaired) electrons. The first-order valence-electron chi connectivity index (χ1n) is 13.8. The maximum absolute atomic E-state index is 13.4. The summed E-state index contributed by atoms with van der Waals surface area (Å²) >= 11 is 6.47. The molecule has 3 aliphatic heterocycles. The van der Waals surface area contributed by atoms with Crippen molar-refractivity contribution in [3.05, 3.63) is 64.3 Å². The number of carbonyl (C=O) groups excluding carboxylic acids is 2. The highest BCUT2D eigenvalue weighted by atomic mass is 35.5. The van der Waals surface area contributed by atoms with Crippen molar-refractivity contribution in [2.45, 2.75) is 44.8 Å². The molecule has 214 valence electrons. The predicted molar refractivity (Wildman–Crippen MR) is 153 cm³/mol. The maximum atomic E-state index is 13.4. The van der Waals surface area contributed by atoms with Crippen LogP contribution in [-0.2, 0) is 21.6 Å². The lowest BCUT2D eigenvalue weighted by atomic mass is 9.93. The lowest BCUT2D eigenvalue weighted by molar-refractivity contribution is -0.123. The van der Waals surface area contributed by atoms with Crippen molar-refractivity contribution in [3.8, 4) is 22.8 Å². The van der Waals surface area contributed by atoms with Gasteiger partial charge in [0.1, 0.15) is 19.8 Å². The van der Waals surface area contributed by atoms with Crippen LogP contribution in [0, 0.1) is 0 Å². The second kappa shape index (κ2) is 11.2. The molecule has 0 saturated carbocycles. The molecule has 2 aromatic carbocycles. The number of amides is 2. The zero-order chi connectivity index (χ0) is 28.6. The van der Waals surface area contributed by atoms with Gasteiger partial charge in [0, 0.05) is 36.9 Å². The van der Waals surface area contributed by atoms with Crippen molar-refractivity contribution in [1.82, 2.24) is 20.2 Å². The highest BCUT2D eigenvalue weighted by molar-refractivity contribution is 6.33. The van der Waals surface area contributed by atoms with Gasteiger partial charge in [0.15, 0.2) is 11.5 Å². The molecule has 0 unspecified atom stereocenters.